The number of hydrogen-bond acceptors (Lipinski definition) is 3. The van der Waals surface area contributed by atoms with Gasteiger partial charge in [0.05, 0.1) is 13.7 Å². The van der Waals surface area contributed by atoms with Crippen LogP contribution in [0, 0.1) is 13.8 Å². The van der Waals surface area contributed by atoms with E-state index >= 15 is 0 Å². The summed E-state index contributed by atoms with van der Waals surface area (Å²) in [5.74, 6) is 0.849. The molecule has 0 atom stereocenters. The predicted octanol–water partition coefficient (Wildman–Crippen LogP) is 4.04. The number of ether oxygens (including phenoxy) is 1. The molecule has 0 heterocycles. The molecule has 0 radical (unpaired) electrons. The van der Waals surface area contributed by atoms with Crippen molar-refractivity contribution in [2.75, 3.05) is 26.0 Å². The quantitative estimate of drug-likeness (QED) is 0.858. The van der Waals surface area contributed by atoms with Gasteiger partial charge in [-0.15, -0.1) is 0 Å². The normalized spacial score (nSPS) is 10.8. The Kier molecular flexibility index (Phi) is 6.23. The van der Waals surface area contributed by atoms with Crippen LogP contribution in [0.5, 0.6) is 5.75 Å². The number of anilines is 1. The van der Waals surface area contributed by atoms with E-state index in [0.29, 0.717) is 23.8 Å². The number of carbonyl (C=O) groups excluding carboxylic acids is 1. The van der Waals surface area contributed by atoms with Crippen LogP contribution in [0.15, 0.2) is 36.4 Å². The molecule has 0 saturated heterocycles. The van der Waals surface area contributed by atoms with Crippen LogP contribution in [0.2, 0.25) is 5.02 Å². The second kappa shape index (κ2) is 8.18. The monoisotopic (exact) mass is 346 g/mol. The molecule has 0 bridgehead atoms. The van der Waals surface area contributed by atoms with Crippen LogP contribution in [0.3, 0.4) is 0 Å². The van der Waals surface area contributed by atoms with Crippen LogP contribution in [0.1, 0.15) is 16.7 Å². The summed E-state index contributed by atoms with van der Waals surface area (Å²) in [5.41, 5.74) is 4.06. The molecule has 5 heteroatoms. The summed E-state index contributed by atoms with van der Waals surface area (Å²) in [6, 6.07) is 11.3. The van der Waals surface area contributed by atoms with Crippen molar-refractivity contribution in [2.45, 2.75) is 20.4 Å². The summed E-state index contributed by atoms with van der Waals surface area (Å²) in [5, 5.41) is 3.46. The molecule has 0 unspecified atom stereocenters. The zero-order valence-corrected chi connectivity index (χ0v) is 15.3. The molecule has 0 aromatic heterocycles. The van der Waals surface area contributed by atoms with Crippen molar-refractivity contribution in [1.82, 2.24) is 4.90 Å². The van der Waals surface area contributed by atoms with E-state index in [9.17, 15) is 4.79 Å². The van der Waals surface area contributed by atoms with Gasteiger partial charge >= 0.3 is 0 Å². The molecule has 1 amide bonds. The highest BCUT2D eigenvalue weighted by molar-refractivity contribution is 6.30. The molecular weight excluding hydrogens is 324 g/mol. The first-order valence-electron chi connectivity index (χ1n) is 7.77. The molecule has 0 spiro atoms. The number of methoxy groups -OCH3 is 1. The molecule has 24 heavy (non-hydrogen) atoms. The van der Waals surface area contributed by atoms with Gasteiger partial charge in [0.15, 0.2) is 0 Å². The average molecular weight is 347 g/mol. The maximum absolute atomic E-state index is 12.1. The number of nitrogens with zero attached hydrogens (tertiary/aromatic N) is 1. The number of carbonyl (C=O) groups is 1. The van der Waals surface area contributed by atoms with Crippen molar-refractivity contribution >= 4 is 23.2 Å². The van der Waals surface area contributed by atoms with Crippen molar-refractivity contribution in [3.8, 4) is 5.75 Å². The summed E-state index contributed by atoms with van der Waals surface area (Å²) in [6.45, 7) is 5.05. The number of halogens is 1. The summed E-state index contributed by atoms with van der Waals surface area (Å²) in [4.78, 5) is 14.1. The van der Waals surface area contributed by atoms with Gasteiger partial charge in [-0.1, -0.05) is 29.8 Å². The highest BCUT2D eigenvalue weighted by Gasteiger charge is 2.10. The number of amides is 1. The maximum Gasteiger partial charge on any atom is 0.238 e. The molecule has 0 saturated carbocycles. The van der Waals surface area contributed by atoms with E-state index in [1.165, 1.54) is 0 Å². The smallest absolute Gasteiger partial charge is 0.238 e. The van der Waals surface area contributed by atoms with Crippen molar-refractivity contribution < 1.29 is 9.53 Å². The lowest BCUT2D eigenvalue weighted by Gasteiger charge is -2.18. The molecule has 128 valence electrons. The van der Waals surface area contributed by atoms with Gasteiger partial charge in [0.25, 0.3) is 0 Å². The number of rotatable bonds is 6. The van der Waals surface area contributed by atoms with E-state index in [-0.39, 0.29) is 5.91 Å². The van der Waals surface area contributed by atoms with E-state index in [1.807, 2.05) is 37.9 Å². The third-order valence-corrected chi connectivity index (χ3v) is 3.93. The lowest BCUT2D eigenvalue weighted by molar-refractivity contribution is -0.117. The molecule has 0 aliphatic heterocycles. The van der Waals surface area contributed by atoms with E-state index in [2.05, 4.69) is 17.4 Å². The molecule has 2 aromatic rings. The summed E-state index contributed by atoms with van der Waals surface area (Å²) in [6.07, 6.45) is 0. The van der Waals surface area contributed by atoms with E-state index in [1.54, 1.807) is 19.2 Å². The maximum atomic E-state index is 12.1. The minimum absolute atomic E-state index is 0.0678. The van der Waals surface area contributed by atoms with Crippen molar-refractivity contribution in [1.29, 1.82) is 0 Å². The van der Waals surface area contributed by atoms with Crippen molar-refractivity contribution in [3.63, 3.8) is 0 Å². The Hall–Kier alpha value is -2.04. The van der Waals surface area contributed by atoms with Crippen LogP contribution in [0.4, 0.5) is 5.69 Å². The van der Waals surface area contributed by atoms with Crippen LogP contribution < -0.4 is 10.1 Å². The number of nitrogens with one attached hydrogen (secondary N) is 1. The van der Waals surface area contributed by atoms with Gasteiger partial charge in [-0.25, -0.2) is 0 Å². The Bertz CT molecular complexity index is 708. The minimum atomic E-state index is -0.0678. The first-order valence-corrected chi connectivity index (χ1v) is 8.15. The zero-order valence-electron chi connectivity index (χ0n) is 14.5. The fraction of sp³-hybridized carbons (Fsp3) is 0.316. The fourth-order valence-corrected chi connectivity index (χ4v) is 3.02. The van der Waals surface area contributed by atoms with E-state index in [0.717, 1.165) is 22.4 Å². The molecule has 0 aliphatic rings. The van der Waals surface area contributed by atoms with Gasteiger partial charge < -0.3 is 10.1 Å². The van der Waals surface area contributed by atoms with Gasteiger partial charge in [0.1, 0.15) is 5.75 Å². The highest BCUT2D eigenvalue weighted by atomic mass is 35.5. The zero-order chi connectivity index (χ0) is 17.7. The molecule has 4 nitrogen and oxygen atoms in total. The molecule has 2 aromatic carbocycles. The second-order valence-electron chi connectivity index (χ2n) is 5.99. The first-order chi connectivity index (χ1) is 11.4. The van der Waals surface area contributed by atoms with E-state index in [4.69, 9.17) is 16.3 Å². The molecule has 0 fully saturated rings. The van der Waals surface area contributed by atoms with Crippen molar-refractivity contribution in [2.24, 2.45) is 0 Å². The molecule has 1 N–H and O–H groups in total. The number of benzene rings is 2. The highest BCUT2D eigenvalue weighted by Crippen LogP contribution is 2.24. The molecule has 0 aliphatic carbocycles. The Balaban J connectivity index is 1.95. The average Bonchev–Trinajstić information content (AvgIpc) is 2.46. The lowest BCUT2D eigenvalue weighted by Crippen LogP contribution is -2.29. The Morgan fingerprint density at radius 3 is 2.46 bits per heavy atom. The summed E-state index contributed by atoms with van der Waals surface area (Å²) < 4.78 is 5.39. The van der Waals surface area contributed by atoms with E-state index < -0.39 is 0 Å². The topological polar surface area (TPSA) is 41.6 Å². The van der Waals surface area contributed by atoms with Gasteiger partial charge in [-0.2, -0.15) is 0 Å². The Morgan fingerprint density at radius 2 is 1.88 bits per heavy atom. The number of hydrogen-bond donors (Lipinski definition) is 1. The summed E-state index contributed by atoms with van der Waals surface area (Å²) in [7, 11) is 3.60. The number of likely N-dealkylation sites (N-methyl/N-ethyl adjacent to an activating group) is 1. The summed E-state index contributed by atoms with van der Waals surface area (Å²) >= 11 is 5.92. The first kappa shape index (κ1) is 18.3. The minimum Gasteiger partial charge on any atom is -0.496 e. The van der Waals surface area contributed by atoms with Gasteiger partial charge in [0.2, 0.25) is 5.91 Å². The predicted molar refractivity (Wildman–Crippen MR) is 98.9 cm³/mol. The Morgan fingerprint density at radius 1 is 1.21 bits per heavy atom. The standard InChI is InChI=1S/C19H23ClN2O2/c1-13-8-15(9-14(2)19(13)24-4)11-22(3)12-18(23)21-17-7-5-6-16(20)10-17/h5-10H,11-12H2,1-4H3,(H,21,23). The largest absolute Gasteiger partial charge is 0.496 e. The fourth-order valence-electron chi connectivity index (χ4n) is 2.83. The number of aryl methyl sites for hydroxylation is 2. The van der Waals surface area contributed by atoms with Gasteiger partial charge in [-0.05, 0) is 55.8 Å². The SMILES string of the molecule is COc1c(C)cc(CN(C)CC(=O)Nc2cccc(Cl)c2)cc1C. The molecule has 2 rings (SSSR count). The third kappa shape index (κ3) is 4.98. The third-order valence-electron chi connectivity index (χ3n) is 3.70. The van der Waals surface area contributed by atoms with Gasteiger partial charge in [-0.3, -0.25) is 9.69 Å². The van der Waals surface area contributed by atoms with Crippen LogP contribution in [-0.2, 0) is 11.3 Å². The Labute approximate surface area is 148 Å². The van der Waals surface area contributed by atoms with Crippen molar-refractivity contribution in [3.05, 3.63) is 58.1 Å². The van der Waals surface area contributed by atoms with Gasteiger partial charge in [0, 0.05) is 17.3 Å². The second-order valence-corrected chi connectivity index (χ2v) is 6.43. The van der Waals surface area contributed by atoms with Crippen LogP contribution in [-0.4, -0.2) is 31.5 Å². The van der Waals surface area contributed by atoms with Crippen LogP contribution >= 0.6 is 11.6 Å². The van der Waals surface area contributed by atoms with Crippen LogP contribution in [0.25, 0.3) is 0 Å². The molecular formula is C19H23ClN2O2. The lowest BCUT2D eigenvalue weighted by atomic mass is 10.1.